The molecule has 4 nitrogen and oxygen atoms in total. The van der Waals surface area contributed by atoms with Crippen molar-refractivity contribution in [1.82, 2.24) is 4.98 Å². The summed E-state index contributed by atoms with van der Waals surface area (Å²) < 4.78 is 44.5. The van der Waals surface area contributed by atoms with Crippen molar-refractivity contribution >= 4 is 17.3 Å². The number of rotatable bonds is 9. The molecule has 176 valence electrons. The first-order valence-electron chi connectivity index (χ1n) is 10.7. The highest BCUT2D eigenvalue weighted by Gasteiger charge is 2.30. The van der Waals surface area contributed by atoms with Gasteiger partial charge in [-0.1, -0.05) is 25.1 Å². The fourth-order valence-corrected chi connectivity index (χ4v) is 4.58. The number of thiazole rings is 1. The van der Waals surface area contributed by atoms with E-state index in [4.69, 9.17) is 14.8 Å². The number of ether oxygens (including phenoxy) is 1. The minimum atomic E-state index is -4.36. The van der Waals surface area contributed by atoms with E-state index in [2.05, 4.69) is 0 Å². The van der Waals surface area contributed by atoms with Gasteiger partial charge in [0.15, 0.2) is 0 Å². The number of nitrogens with zero attached hydrogens (tertiary/aromatic N) is 1. The molecule has 3 aromatic rings. The third kappa shape index (κ3) is 6.35. The molecule has 0 aliphatic rings. The Hall–Kier alpha value is -2.87. The minimum Gasteiger partial charge on any atom is -0.493 e. The summed E-state index contributed by atoms with van der Waals surface area (Å²) in [6.07, 6.45) is -3.00. The van der Waals surface area contributed by atoms with Crippen LogP contribution in [-0.2, 0) is 17.4 Å². The fourth-order valence-electron chi connectivity index (χ4n) is 3.58. The summed E-state index contributed by atoms with van der Waals surface area (Å²) in [6.45, 7) is 6.36. The van der Waals surface area contributed by atoms with Gasteiger partial charge in [-0.15, -0.1) is 11.3 Å². The third-order valence-electron chi connectivity index (χ3n) is 5.54. The molecular weight excluding hydrogens is 451 g/mol. The van der Waals surface area contributed by atoms with Gasteiger partial charge < -0.3 is 9.84 Å². The number of carbonyl (C=O) groups is 1. The Morgan fingerprint density at radius 3 is 2.42 bits per heavy atom. The Morgan fingerprint density at radius 1 is 1.15 bits per heavy atom. The van der Waals surface area contributed by atoms with Crippen LogP contribution in [-0.4, -0.2) is 22.7 Å². The highest BCUT2D eigenvalue weighted by molar-refractivity contribution is 7.15. The first-order chi connectivity index (χ1) is 15.6. The summed E-state index contributed by atoms with van der Waals surface area (Å²) in [4.78, 5) is 16.5. The maximum absolute atomic E-state index is 12.8. The van der Waals surface area contributed by atoms with Gasteiger partial charge in [0, 0.05) is 22.8 Å². The van der Waals surface area contributed by atoms with Gasteiger partial charge in [-0.2, -0.15) is 13.2 Å². The van der Waals surface area contributed by atoms with Gasteiger partial charge in [0.1, 0.15) is 10.8 Å². The number of aromatic nitrogens is 1. The van der Waals surface area contributed by atoms with Crippen molar-refractivity contribution in [3.05, 3.63) is 69.7 Å². The second-order valence-electron chi connectivity index (χ2n) is 7.93. The molecule has 0 aliphatic carbocycles. The number of alkyl halides is 3. The molecule has 2 aromatic carbocycles. The van der Waals surface area contributed by atoms with Crippen molar-refractivity contribution in [1.29, 1.82) is 0 Å². The van der Waals surface area contributed by atoms with Gasteiger partial charge in [0.25, 0.3) is 0 Å². The zero-order chi connectivity index (χ0) is 24.2. The SMILES string of the molecule is CCC(COc1ccc(CCC(=O)O)c(C)c1)c1nc(-c2ccc(C(F)(F)F)cc2)sc1C. The molecule has 0 saturated carbocycles. The molecule has 1 atom stereocenters. The third-order valence-corrected chi connectivity index (χ3v) is 6.58. The zero-order valence-electron chi connectivity index (χ0n) is 18.7. The van der Waals surface area contributed by atoms with Crippen molar-refractivity contribution in [3.63, 3.8) is 0 Å². The lowest BCUT2D eigenvalue weighted by Crippen LogP contribution is -2.11. The van der Waals surface area contributed by atoms with Crippen molar-refractivity contribution in [2.24, 2.45) is 0 Å². The van der Waals surface area contributed by atoms with E-state index in [0.29, 0.717) is 29.3 Å². The zero-order valence-corrected chi connectivity index (χ0v) is 19.5. The molecule has 1 N–H and O–H groups in total. The van der Waals surface area contributed by atoms with Crippen molar-refractivity contribution in [2.45, 2.75) is 52.1 Å². The number of hydrogen-bond acceptors (Lipinski definition) is 4. The smallest absolute Gasteiger partial charge is 0.416 e. The Bertz CT molecular complexity index is 1110. The highest BCUT2D eigenvalue weighted by Crippen LogP contribution is 2.35. The first-order valence-corrected chi connectivity index (χ1v) is 11.5. The topological polar surface area (TPSA) is 59.4 Å². The number of carboxylic acids is 1. The lowest BCUT2D eigenvalue weighted by atomic mass is 10.0. The standard InChI is InChI=1S/C25H26F3NO3S/c1-4-17(14-32-21-11-7-18(15(2)13-21)8-12-22(30)31)23-16(3)33-24(29-23)19-5-9-20(10-6-19)25(26,27)28/h5-7,9-11,13,17H,4,8,12,14H2,1-3H3,(H,30,31). The van der Waals surface area contributed by atoms with E-state index in [9.17, 15) is 18.0 Å². The lowest BCUT2D eigenvalue weighted by molar-refractivity contribution is -0.138. The molecule has 0 fully saturated rings. The average molecular weight is 478 g/mol. The van der Waals surface area contributed by atoms with Crippen molar-refractivity contribution < 1.29 is 27.8 Å². The normalized spacial score (nSPS) is 12.5. The molecule has 3 rings (SSSR count). The van der Waals surface area contributed by atoms with Crippen LogP contribution in [0.4, 0.5) is 13.2 Å². The van der Waals surface area contributed by atoms with Crippen molar-refractivity contribution in [3.8, 4) is 16.3 Å². The number of benzene rings is 2. The molecule has 1 aromatic heterocycles. The summed E-state index contributed by atoms with van der Waals surface area (Å²) in [6, 6.07) is 10.7. The Balaban J connectivity index is 1.70. The number of hydrogen-bond donors (Lipinski definition) is 1. The van der Waals surface area contributed by atoms with Crippen LogP contribution < -0.4 is 4.74 Å². The van der Waals surface area contributed by atoms with E-state index in [1.54, 1.807) is 0 Å². The van der Waals surface area contributed by atoms with Gasteiger partial charge >= 0.3 is 12.1 Å². The molecule has 0 saturated heterocycles. The van der Waals surface area contributed by atoms with E-state index in [1.165, 1.54) is 23.5 Å². The van der Waals surface area contributed by atoms with Crippen LogP contribution in [0.2, 0.25) is 0 Å². The molecule has 0 radical (unpaired) electrons. The molecule has 0 aliphatic heterocycles. The largest absolute Gasteiger partial charge is 0.493 e. The molecule has 8 heteroatoms. The number of aliphatic carboxylic acids is 1. The Kier molecular flexibility index (Phi) is 7.79. The van der Waals surface area contributed by atoms with Gasteiger partial charge in [0.2, 0.25) is 0 Å². The van der Waals surface area contributed by atoms with Crippen LogP contribution >= 0.6 is 11.3 Å². The van der Waals surface area contributed by atoms with E-state index in [0.717, 1.165) is 40.3 Å². The summed E-state index contributed by atoms with van der Waals surface area (Å²) in [7, 11) is 0. The Labute approximate surface area is 195 Å². The summed E-state index contributed by atoms with van der Waals surface area (Å²) in [5.74, 6) is -0.0767. The second kappa shape index (κ2) is 10.4. The predicted molar refractivity (Wildman–Crippen MR) is 123 cm³/mol. The maximum Gasteiger partial charge on any atom is 0.416 e. The van der Waals surface area contributed by atoms with Crippen LogP contribution in [0.25, 0.3) is 10.6 Å². The molecule has 0 spiro atoms. The highest BCUT2D eigenvalue weighted by atomic mass is 32.1. The van der Waals surface area contributed by atoms with Gasteiger partial charge in [-0.3, -0.25) is 4.79 Å². The van der Waals surface area contributed by atoms with Crippen LogP contribution in [0.15, 0.2) is 42.5 Å². The predicted octanol–water partition coefficient (Wildman–Crippen LogP) is 7.04. The van der Waals surface area contributed by atoms with E-state index >= 15 is 0 Å². The number of carboxylic acid groups (broad SMARTS) is 1. The quantitative estimate of drug-likeness (QED) is 0.359. The maximum atomic E-state index is 12.8. The lowest BCUT2D eigenvalue weighted by Gasteiger charge is -2.16. The number of halogens is 3. The van der Waals surface area contributed by atoms with E-state index in [-0.39, 0.29) is 12.3 Å². The molecule has 0 amide bonds. The van der Waals surface area contributed by atoms with Crippen molar-refractivity contribution in [2.75, 3.05) is 6.61 Å². The fraction of sp³-hybridized carbons (Fsp3) is 0.360. The van der Waals surface area contributed by atoms with Crippen LogP contribution in [0, 0.1) is 13.8 Å². The van der Waals surface area contributed by atoms with Gasteiger partial charge in [-0.25, -0.2) is 4.98 Å². The Morgan fingerprint density at radius 2 is 1.85 bits per heavy atom. The average Bonchev–Trinajstić information content (AvgIpc) is 3.14. The minimum absolute atomic E-state index is 0.0384. The van der Waals surface area contributed by atoms with E-state index < -0.39 is 17.7 Å². The first kappa shape index (κ1) is 24.8. The molecule has 1 heterocycles. The van der Waals surface area contributed by atoms with Crippen LogP contribution in [0.5, 0.6) is 5.75 Å². The van der Waals surface area contributed by atoms with Gasteiger partial charge in [-0.05, 0) is 62.1 Å². The van der Waals surface area contributed by atoms with E-state index in [1.807, 2.05) is 39.0 Å². The molecule has 0 bridgehead atoms. The molecule has 33 heavy (non-hydrogen) atoms. The summed E-state index contributed by atoms with van der Waals surface area (Å²) >= 11 is 1.46. The van der Waals surface area contributed by atoms with Crippen LogP contribution in [0.3, 0.4) is 0 Å². The monoisotopic (exact) mass is 477 g/mol. The summed E-state index contributed by atoms with van der Waals surface area (Å²) in [5, 5.41) is 9.56. The van der Waals surface area contributed by atoms with Crippen LogP contribution in [0.1, 0.15) is 52.9 Å². The molecule has 1 unspecified atom stereocenters. The summed E-state index contributed by atoms with van der Waals surface area (Å²) in [5.41, 5.74) is 2.84. The number of aryl methyl sites for hydroxylation is 3. The van der Waals surface area contributed by atoms with Gasteiger partial charge in [0.05, 0.1) is 17.9 Å². The molecular formula is C25H26F3NO3S. The second-order valence-corrected chi connectivity index (χ2v) is 9.14.